The smallest absolute Gasteiger partial charge is 0.127 e. The predicted molar refractivity (Wildman–Crippen MR) is 65.1 cm³/mol. The number of phenolic OH excluding ortho intramolecular Hbond substituents is 1. The summed E-state index contributed by atoms with van der Waals surface area (Å²) in [5, 5.41) is 9.34. The van der Waals surface area contributed by atoms with Crippen molar-refractivity contribution in [1.29, 1.82) is 0 Å². The second-order valence-corrected chi connectivity index (χ2v) is 4.80. The van der Waals surface area contributed by atoms with E-state index in [1.165, 1.54) is 12.5 Å². The Morgan fingerprint density at radius 3 is 2.94 bits per heavy atom. The van der Waals surface area contributed by atoms with Gasteiger partial charge in [0.1, 0.15) is 11.6 Å². The number of piperidine rings is 1. The number of phenols is 1. The molecule has 0 bridgehead atoms. The van der Waals surface area contributed by atoms with E-state index < -0.39 is 0 Å². The number of aromatic hydroxyl groups is 1. The largest absolute Gasteiger partial charge is 0.508 e. The van der Waals surface area contributed by atoms with Gasteiger partial charge in [-0.05, 0) is 49.5 Å². The van der Waals surface area contributed by atoms with Crippen LogP contribution in [-0.2, 0) is 6.54 Å². The van der Waals surface area contributed by atoms with Gasteiger partial charge in [-0.3, -0.25) is 4.90 Å². The molecule has 0 aromatic heterocycles. The first-order valence-corrected chi connectivity index (χ1v) is 6.08. The second-order valence-electron chi connectivity index (χ2n) is 4.80. The van der Waals surface area contributed by atoms with Crippen molar-refractivity contribution < 1.29 is 9.50 Å². The van der Waals surface area contributed by atoms with Gasteiger partial charge in [0.2, 0.25) is 0 Å². The maximum absolute atomic E-state index is 13.1. The van der Waals surface area contributed by atoms with Crippen LogP contribution in [0.4, 0.5) is 4.39 Å². The molecule has 1 fully saturated rings. The van der Waals surface area contributed by atoms with E-state index in [4.69, 9.17) is 5.73 Å². The first-order valence-electron chi connectivity index (χ1n) is 6.08. The van der Waals surface area contributed by atoms with Crippen LogP contribution in [-0.4, -0.2) is 29.6 Å². The summed E-state index contributed by atoms with van der Waals surface area (Å²) < 4.78 is 13.1. The average molecular weight is 238 g/mol. The standard InChI is InChI=1S/C13H19FN2O/c14-12-4-11(5-13(17)6-12)9-16-3-1-2-10(7-15)8-16/h4-6,10,17H,1-3,7-9,15H2. The molecule has 2 rings (SSSR count). The van der Waals surface area contributed by atoms with Gasteiger partial charge in [-0.25, -0.2) is 4.39 Å². The third-order valence-electron chi connectivity index (χ3n) is 3.28. The van der Waals surface area contributed by atoms with Gasteiger partial charge >= 0.3 is 0 Å². The van der Waals surface area contributed by atoms with Crippen molar-refractivity contribution in [3.8, 4) is 5.75 Å². The lowest BCUT2D eigenvalue weighted by Gasteiger charge is -2.32. The molecule has 3 nitrogen and oxygen atoms in total. The van der Waals surface area contributed by atoms with Gasteiger partial charge in [-0.1, -0.05) is 0 Å². The number of halogens is 1. The molecule has 3 N–H and O–H groups in total. The van der Waals surface area contributed by atoms with Crippen molar-refractivity contribution in [3.05, 3.63) is 29.6 Å². The Labute approximate surface area is 101 Å². The fourth-order valence-corrected chi connectivity index (χ4v) is 2.47. The zero-order valence-corrected chi connectivity index (χ0v) is 9.90. The summed E-state index contributed by atoms with van der Waals surface area (Å²) >= 11 is 0. The Hall–Kier alpha value is -1.13. The number of benzene rings is 1. The van der Waals surface area contributed by atoms with Crippen molar-refractivity contribution >= 4 is 0 Å². The van der Waals surface area contributed by atoms with Crippen LogP contribution < -0.4 is 5.73 Å². The Morgan fingerprint density at radius 1 is 1.41 bits per heavy atom. The maximum Gasteiger partial charge on any atom is 0.127 e. The van der Waals surface area contributed by atoms with E-state index in [2.05, 4.69) is 4.90 Å². The highest BCUT2D eigenvalue weighted by atomic mass is 19.1. The molecule has 94 valence electrons. The van der Waals surface area contributed by atoms with Gasteiger partial charge in [0.15, 0.2) is 0 Å². The number of hydrogen-bond acceptors (Lipinski definition) is 3. The van der Waals surface area contributed by atoms with Crippen molar-refractivity contribution in [1.82, 2.24) is 4.90 Å². The summed E-state index contributed by atoms with van der Waals surface area (Å²) in [7, 11) is 0. The third-order valence-corrected chi connectivity index (χ3v) is 3.28. The molecule has 0 amide bonds. The van der Waals surface area contributed by atoms with Gasteiger partial charge in [0, 0.05) is 19.2 Å². The minimum Gasteiger partial charge on any atom is -0.508 e. The highest BCUT2D eigenvalue weighted by Crippen LogP contribution is 2.20. The Balaban J connectivity index is 2.00. The quantitative estimate of drug-likeness (QED) is 0.842. The zero-order valence-electron chi connectivity index (χ0n) is 9.90. The van der Waals surface area contributed by atoms with Crippen LogP contribution in [0.2, 0.25) is 0 Å². The number of hydrogen-bond donors (Lipinski definition) is 2. The fraction of sp³-hybridized carbons (Fsp3) is 0.538. The lowest BCUT2D eigenvalue weighted by Crippen LogP contribution is -2.37. The summed E-state index contributed by atoms with van der Waals surface area (Å²) in [6.07, 6.45) is 2.32. The van der Waals surface area contributed by atoms with Crippen molar-refractivity contribution in [2.24, 2.45) is 11.7 Å². The van der Waals surface area contributed by atoms with E-state index in [1.54, 1.807) is 6.07 Å². The molecule has 0 saturated carbocycles. The fourth-order valence-electron chi connectivity index (χ4n) is 2.47. The Kier molecular flexibility index (Phi) is 3.97. The second kappa shape index (κ2) is 5.47. The lowest BCUT2D eigenvalue weighted by molar-refractivity contribution is 0.171. The molecule has 1 aliphatic heterocycles. The highest BCUT2D eigenvalue weighted by molar-refractivity contribution is 5.28. The number of rotatable bonds is 3. The predicted octanol–water partition coefficient (Wildman–Crippen LogP) is 1.70. The van der Waals surface area contributed by atoms with Crippen molar-refractivity contribution in [3.63, 3.8) is 0 Å². The average Bonchev–Trinajstić information content (AvgIpc) is 2.28. The summed E-state index contributed by atoms with van der Waals surface area (Å²) in [5.41, 5.74) is 6.50. The molecule has 0 aliphatic carbocycles. The van der Waals surface area contributed by atoms with Gasteiger partial charge in [-0.2, -0.15) is 0 Å². The van der Waals surface area contributed by atoms with E-state index in [0.717, 1.165) is 31.1 Å². The van der Waals surface area contributed by atoms with Crippen LogP contribution in [0.3, 0.4) is 0 Å². The van der Waals surface area contributed by atoms with Gasteiger partial charge in [-0.15, -0.1) is 0 Å². The number of nitrogens with two attached hydrogens (primary N) is 1. The number of likely N-dealkylation sites (tertiary alicyclic amines) is 1. The first kappa shape index (κ1) is 12.3. The van der Waals surface area contributed by atoms with Gasteiger partial charge in [0.25, 0.3) is 0 Å². The Morgan fingerprint density at radius 2 is 2.24 bits per heavy atom. The molecule has 1 aromatic carbocycles. The van der Waals surface area contributed by atoms with Crippen LogP contribution in [0.25, 0.3) is 0 Å². The van der Waals surface area contributed by atoms with Crippen molar-refractivity contribution in [2.45, 2.75) is 19.4 Å². The molecular weight excluding hydrogens is 219 g/mol. The molecule has 1 aromatic rings. The first-order chi connectivity index (χ1) is 8.17. The monoisotopic (exact) mass is 238 g/mol. The topological polar surface area (TPSA) is 49.5 Å². The van der Waals surface area contributed by atoms with Crippen LogP contribution in [0.15, 0.2) is 18.2 Å². The molecule has 1 heterocycles. The number of nitrogens with zero attached hydrogens (tertiary/aromatic N) is 1. The van der Waals surface area contributed by atoms with Crippen LogP contribution in [0.1, 0.15) is 18.4 Å². The van der Waals surface area contributed by atoms with E-state index in [0.29, 0.717) is 19.0 Å². The molecular formula is C13H19FN2O. The van der Waals surface area contributed by atoms with Crippen LogP contribution >= 0.6 is 0 Å². The molecule has 1 unspecified atom stereocenters. The lowest BCUT2D eigenvalue weighted by atomic mass is 9.98. The third kappa shape index (κ3) is 3.41. The summed E-state index contributed by atoms with van der Waals surface area (Å²) in [6, 6.07) is 4.23. The highest BCUT2D eigenvalue weighted by Gasteiger charge is 2.18. The van der Waals surface area contributed by atoms with Gasteiger partial charge in [0.05, 0.1) is 0 Å². The Bertz CT molecular complexity index is 363. The minimum absolute atomic E-state index is 0.00705. The van der Waals surface area contributed by atoms with Crippen LogP contribution in [0.5, 0.6) is 5.75 Å². The summed E-state index contributed by atoms with van der Waals surface area (Å²) in [5.74, 6) is 0.158. The minimum atomic E-state index is -0.382. The zero-order chi connectivity index (χ0) is 12.3. The van der Waals surface area contributed by atoms with Gasteiger partial charge < -0.3 is 10.8 Å². The maximum atomic E-state index is 13.1. The van der Waals surface area contributed by atoms with E-state index in [-0.39, 0.29) is 11.6 Å². The SMILES string of the molecule is NCC1CCCN(Cc2cc(O)cc(F)c2)C1. The molecule has 1 saturated heterocycles. The van der Waals surface area contributed by atoms with Crippen LogP contribution in [0, 0.1) is 11.7 Å². The normalized spacial score (nSPS) is 21.6. The molecule has 4 heteroatoms. The molecule has 1 aliphatic rings. The van der Waals surface area contributed by atoms with E-state index in [9.17, 15) is 9.50 Å². The van der Waals surface area contributed by atoms with Crippen molar-refractivity contribution in [2.75, 3.05) is 19.6 Å². The molecule has 1 atom stereocenters. The van der Waals surface area contributed by atoms with E-state index >= 15 is 0 Å². The summed E-state index contributed by atoms with van der Waals surface area (Å²) in [6.45, 7) is 3.38. The van der Waals surface area contributed by atoms with E-state index in [1.807, 2.05) is 0 Å². The molecule has 0 radical (unpaired) electrons. The molecule has 0 spiro atoms. The molecule has 17 heavy (non-hydrogen) atoms. The summed E-state index contributed by atoms with van der Waals surface area (Å²) in [4.78, 5) is 2.27.